The summed E-state index contributed by atoms with van der Waals surface area (Å²) in [6.45, 7) is 0.670. The molecule has 0 bridgehead atoms. The maximum Gasteiger partial charge on any atom is 0.0279 e. The molecule has 0 aromatic heterocycles. The van der Waals surface area contributed by atoms with Crippen LogP contribution in [-0.2, 0) is 0 Å². The van der Waals surface area contributed by atoms with E-state index in [9.17, 15) is 0 Å². The van der Waals surface area contributed by atoms with Crippen LogP contribution in [0.4, 0.5) is 0 Å². The molecule has 2 aliphatic rings. The highest BCUT2D eigenvalue weighted by molar-refractivity contribution is 4.98. The first-order valence-corrected chi connectivity index (χ1v) is 5.67. The van der Waals surface area contributed by atoms with Crippen molar-refractivity contribution in [3.63, 3.8) is 0 Å². The normalized spacial score (nSPS) is 30.9. The van der Waals surface area contributed by atoms with Crippen molar-refractivity contribution < 1.29 is 0 Å². The van der Waals surface area contributed by atoms with E-state index in [-0.39, 0.29) is 5.54 Å². The molecule has 4 N–H and O–H groups in total. The van der Waals surface area contributed by atoms with E-state index in [1.807, 2.05) is 0 Å². The summed E-state index contributed by atoms with van der Waals surface area (Å²) in [6, 6.07) is 0. The zero-order valence-corrected chi connectivity index (χ0v) is 8.52. The van der Waals surface area contributed by atoms with Crippen LogP contribution in [0, 0.1) is 5.41 Å². The molecule has 0 aliphatic heterocycles. The SMILES string of the molecule is NCC1(N)CCC2(CCCC2)CC1. The van der Waals surface area contributed by atoms with E-state index >= 15 is 0 Å². The average molecular weight is 182 g/mol. The van der Waals surface area contributed by atoms with E-state index in [4.69, 9.17) is 11.5 Å². The van der Waals surface area contributed by atoms with E-state index in [0.717, 1.165) is 12.8 Å². The van der Waals surface area contributed by atoms with Gasteiger partial charge in [-0.25, -0.2) is 0 Å². The van der Waals surface area contributed by atoms with Gasteiger partial charge in [0.05, 0.1) is 0 Å². The molecule has 0 unspecified atom stereocenters. The van der Waals surface area contributed by atoms with Gasteiger partial charge in [-0.2, -0.15) is 0 Å². The summed E-state index contributed by atoms with van der Waals surface area (Å²) in [5, 5.41) is 0. The van der Waals surface area contributed by atoms with Gasteiger partial charge in [0.1, 0.15) is 0 Å². The Labute approximate surface area is 81.1 Å². The second-order valence-electron chi connectivity index (χ2n) is 5.27. The van der Waals surface area contributed by atoms with E-state index in [1.165, 1.54) is 38.5 Å². The summed E-state index contributed by atoms with van der Waals surface area (Å²) in [5.41, 5.74) is 12.6. The third kappa shape index (κ3) is 1.75. The molecule has 0 amide bonds. The van der Waals surface area contributed by atoms with Crippen LogP contribution in [0.3, 0.4) is 0 Å². The molecule has 2 nitrogen and oxygen atoms in total. The van der Waals surface area contributed by atoms with E-state index in [0.29, 0.717) is 12.0 Å². The summed E-state index contributed by atoms with van der Waals surface area (Å²) in [6.07, 6.45) is 10.8. The largest absolute Gasteiger partial charge is 0.329 e. The molecule has 0 atom stereocenters. The molecule has 2 fully saturated rings. The maximum atomic E-state index is 6.18. The second kappa shape index (κ2) is 3.25. The maximum absolute atomic E-state index is 6.18. The third-order valence-corrected chi connectivity index (χ3v) is 4.38. The van der Waals surface area contributed by atoms with Crippen molar-refractivity contribution in [3.8, 4) is 0 Å². The lowest BCUT2D eigenvalue weighted by Gasteiger charge is -2.42. The van der Waals surface area contributed by atoms with Gasteiger partial charge in [-0.05, 0) is 43.9 Å². The zero-order valence-electron chi connectivity index (χ0n) is 8.52. The van der Waals surface area contributed by atoms with Crippen molar-refractivity contribution in [1.82, 2.24) is 0 Å². The Morgan fingerprint density at radius 2 is 1.38 bits per heavy atom. The Bertz CT molecular complexity index is 173. The number of nitrogens with two attached hydrogens (primary N) is 2. The highest BCUT2D eigenvalue weighted by atomic mass is 14.8. The van der Waals surface area contributed by atoms with Crippen LogP contribution >= 0.6 is 0 Å². The molecule has 2 heteroatoms. The van der Waals surface area contributed by atoms with Crippen molar-refractivity contribution in [1.29, 1.82) is 0 Å². The fourth-order valence-electron chi connectivity index (χ4n) is 3.11. The van der Waals surface area contributed by atoms with Crippen LogP contribution in [0.2, 0.25) is 0 Å². The monoisotopic (exact) mass is 182 g/mol. The Morgan fingerprint density at radius 1 is 0.846 bits per heavy atom. The lowest BCUT2D eigenvalue weighted by Crippen LogP contribution is -2.51. The van der Waals surface area contributed by atoms with Gasteiger partial charge < -0.3 is 11.5 Å². The molecule has 1 spiro atoms. The van der Waals surface area contributed by atoms with Gasteiger partial charge in [0.2, 0.25) is 0 Å². The summed E-state index contributed by atoms with van der Waals surface area (Å²) in [5.74, 6) is 0. The van der Waals surface area contributed by atoms with Crippen molar-refractivity contribution in [3.05, 3.63) is 0 Å². The minimum atomic E-state index is -0.0200. The Balaban J connectivity index is 1.95. The minimum Gasteiger partial charge on any atom is -0.329 e. The molecule has 13 heavy (non-hydrogen) atoms. The molecule has 2 rings (SSSR count). The second-order valence-corrected chi connectivity index (χ2v) is 5.27. The third-order valence-electron chi connectivity index (χ3n) is 4.38. The van der Waals surface area contributed by atoms with Crippen LogP contribution in [-0.4, -0.2) is 12.1 Å². The summed E-state index contributed by atoms with van der Waals surface area (Å²) >= 11 is 0. The number of hydrogen-bond acceptors (Lipinski definition) is 2. The predicted molar refractivity (Wildman–Crippen MR) is 55.3 cm³/mol. The Kier molecular flexibility index (Phi) is 2.37. The molecule has 76 valence electrons. The summed E-state index contributed by atoms with van der Waals surface area (Å²) in [4.78, 5) is 0. The summed E-state index contributed by atoms with van der Waals surface area (Å²) in [7, 11) is 0. The number of hydrogen-bond donors (Lipinski definition) is 2. The molecular formula is C11H22N2. The Hall–Kier alpha value is -0.0800. The van der Waals surface area contributed by atoms with Gasteiger partial charge in [-0.15, -0.1) is 0 Å². The lowest BCUT2D eigenvalue weighted by atomic mass is 9.67. The van der Waals surface area contributed by atoms with Gasteiger partial charge in [0.15, 0.2) is 0 Å². The van der Waals surface area contributed by atoms with Crippen molar-refractivity contribution in [2.45, 2.75) is 56.9 Å². The highest BCUT2D eigenvalue weighted by Gasteiger charge is 2.41. The van der Waals surface area contributed by atoms with E-state index < -0.39 is 0 Å². The highest BCUT2D eigenvalue weighted by Crippen LogP contribution is 2.50. The van der Waals surface area contributed by atoms with Gasteiger partial charge in [0.25, 0.3) is 0 Å². The smallest absolute Gasteiger partial charge is 0.0279 e. The molecule has 2 saturated carbocycles. The van der Waals surface area contributed by atoms with Gasteiger partial charge in [0, 0.05) is 12.1 Å². The lowest BCUT2D eigenvalue weighted by molar-refractivity contribution is 0.138. The Morgan fingerprint density at radius 3 is 1.85 bits per heavy atom. The van der Waals surface area contributed by atoms with Crippen LogP contribution in [0.1, 0.15) is 51.4 Å². The first-order valence-electron chi connectivity index (χ1n) is 5.67. The van der Waals surface area contributed by atoms with Crippen molar-refractivity contribution in [2.75, 3.05) is 6.54 Å². The van der Waals surface area contributed by atoms with E-state index in [1.54, 1.807) is 0 Å². The van der Waals surface area contributed by atoms with Crippen LogP contribution in [0.25, 0.3) is 0 Å². The van der Waals surface area contributed by atoms with E-state index in [2.05, 4.69) is 0 Å². The van der Waals surface area contributed by atoms with Crippen LogP contribution < -0.4 is 11.5 Å². The standard InChI is InChI=1S/C11H22N2/c12-9-11(13)7-5-10(6-8-11)3-1-2-4-10/h1-9,12-13H2. The minimum absolute atomic E-state index is 0.0200. The zero-order chi connectivity index (χ0) is 9.36. The molecular weight excluding hydrogens is 160 g/mol. The van der Waals surface area contributed by atoms with Gasteiger partial charge >= 0.3 is 0 Å². The topological polar surface area (TPSA) is 52.0 Å². The summed E-state index contributed by atoms with van der Waals surface area (Å²) < 4.78 is 0. The molecule has 0 radical (unpaired) electrons. The molecule has 0 heterocycles. The van der Waals surface area contributed by atoms with Crippen molar-refractivity contribution >= 4 is 0 Å². The first kappa shape index (κ1) is 9.47. The van der Waals surface area contributed by atoms with Crippen LogP contribution in [0.15, 0.2) is 0 Å². The fourth-order valence-corrected chi connectivity index (χ4v) is 3.11. The average Bonchev–Trinajstić information content (AvgIpc) is 2.61. The van der Waals surface area contributed by atoms with Gasteiger partial charge in [-0.1, -0.05) is 12.8 Å². The molecule has 0 aromatic carbocycles. The first-order chi connectivity index (χ1) is 6.18. The quantitative estimate of drug-likeness (QED) is 0.649. The predicted octanol–water partition coefficient (Wildman–Crippen LogP) is 1.78. The van der Waals surface area contributed by atoms with Crippen LogP contribution in [0.5, 0.6) is 0 Å². The van der Waals surface area contributed by atoms with Gasteiger partial charge in [-0.3, -0.25) is 0 Å². The molecule has 2 aliphatic carbocycles. The molecule has 0 saturated heterocycles. The fraction of sp³-hybridized carbons (Fsp3) is 1.00. The number of rotatable bonds is 1. The molecule has 0 aromatic rings. The van der Waals surface area contributed by atoms with Crippen molar-refractivity contribution in [2.24, 2.45) is 16.9 Å².